The summed E-state index contributed by atoms with van der Waals surface area (Å²) in [6, 6.07) is 15.9. The highest BCUT2D eigenvalue weighted by atomic mass is 32.2. The van der Waals surface area contributed by atoms with Crippen molar-refractivity contribution in [1.82, 2.24) is 9.21 Å². The van der Waals surface area contributed by atoms with Crippen molar-refractivity contribution in [1.29, 1.82) is 0 Å². The van der Waals surface area contributed by atoms with Crippen LogP contribution >= 0.6 is 0 Å². The van der Waals surface area contributed by atoms with Crippen LogP contribution in [0.3, 0.4) is 0 Å². The van der Waals surface area contributed by atoms with Crippen molar-refractivity contribution in [2.75, 3.05) is 40.0 Å². The molecule has 2 aromatic rings. The van der Waals surface area contributed by atoms with Crippen molar-refractivity contribution in [3.05, 3.63) is 60.2 Å². The summed E-state index contributed by atoms with van der Waals surface area (Å²) in [5, 5.41) is 11.1. The van der Waals surface area contributed by atoms with E-state index < -0.39 is 16.1 Å². The Bertz CT molecular complexity index is 1090. The number of aliphatic hydroxyl groups excluding tert-OH is 1. The van der Waals surface area contributed by atoms with E-state index in [1.165, 1.54) is 23.5 Å². The first-order chi connectivity index (χ1) is 17.4. The maximum Gasteiger partial charge on any atom is 0.248 e. The lowest BCUT2D eigenvalue weighted by molar-refractivity contribution is -0.150. The molecule has 8 nitrogen and oxygen atoms in total. The predicted molar refractivity (Wildman–Crippen MR) is 136 cm³/mol. The highest BCUT2D eigenvalue weighted by molar-refractivity contribution is 7.89. The fourth-order valence-electron chi connectivity index (χ4n) is 5.13. The number of sulfonamides is 1. The van der Waals surface area contributed by atoms with E-state index >= 15 is 0 Å². The van der Waals surface area contributed by atoms with Crippen molar-refractivity contribution >= 4 is 15.9 Å². The molecule has 1 amide bonds. The van der Waals surface area contributed by atoms with Crippen LogP contribution in [0.25, 0.3) is 0 Å². The van der Waals surface area contributed by atoms with E-state index in [9.17, 15) is 18.3 Å². The molecular weight excluding hydrogens is 480 g/mol. The van der Waals surface area contributed by atoms with Crippen molar-refractivity contribution in [3.63, 3.8) is 0 Å². The number of hydrogen-bond donors (Lipinski definition) is 1. The van der Waals surface area contributed by atoms with Crippen molar-refractivity contribution in [2.24, 2.45) is 5.92 Å². The normalized spacial score (nSPS) is 20.1. The molecule has 0 aromatic heterocycles. The largest absolute Gasteiger partial charge is 0.497 e. The summed E-state index contributed by atoms with van der Waals surface area (Å²) in [5.74, 6) is 0.647. The average Bonchev–Trinajstić information content (AvgIpc) is 3.40. The minimum Gasteiger partial charge on any atom is -0.497 e. The molecule has 1 heterocycles. The van der Waals surface area contributed by atoms with Crippen LogP contribution in [-0.2, 0) is 26.0 Å². The number of carbonyl (C=O) groups excluding carboxylic acids is 1. The van der Waals surface area contributed by atoms with Gasteiger partial charge in [-0.2, -0.15) is 4.31 Å². The molecule has 9 heteroatoms. The molecule has 0 bridgehead atoms. The van der Waals surface area contributed by atoms with Gasteiger partial charge >= 0.3 is 0 Å². The second-order valence-electron chi connectivity index (χ2n) is 9.71. The quantitative estimate of drug-likeness (QED) is 0.493. The van der Waals surface area contributed by atoms with Gasteiger partial charge in [0.05, 0.1) is 30.8 Å². The minimum absolute atomic E-state index is 0.0338. The fraction of sp³-hybridized carbons (Fsp3) is 0.519. The molecule has 36 heavy (non-hydrogen) atoms. The number of carbonyl (C=O) groups is 1. The van der Waals surface area contributed by atoms with Gasteiger partial charge in [0.1, 0.15) is 12.4 Å². The van der Waals surface area contributed by atoms with E-state index in [4.69, 9.17) is 9.47 Å². The van der Waals surface area contributed by atoms with Gasteiger partial charge in [-0.15, -0.1) is 0 Å². The molecule has 1 N–H and O–H groups in total. The smallest absolute Gasteiger partial charge is 0.248 e. The van der Waals surface area contributed by atoms with Crippen molar-refractivity contribution < 1.29 is 27.8 Å². The van der Waals surface area contributed by atoms with Gasteiger partial charge in [0, 0.05) is 19.6 Å². The number of hydrogen-bond acceptors (Lipinski definition) is 6. The van der Waals surface area contributed by atoms with Gasteiger partial charge in [0.2, 0.25) is 15.9 Å². The Morgan fingerprint density at radius 3 is 2.47 bits per heavy atom. The zero-order valence-electron chi connectivity index (χ0n) is 20.8. The van der Waals surface area contributed by atoms with Gasteiger partial charge in [0.15, 0.2) is 0 Å². The monoisotopic (exact) mass is 516 g/mol. The molecule has 0 unspecified atom stereocenters. The molecule has 196 valence electrons. The van der Waals surface area contributed by atoms with E-state index in [0.29, 0.717) is 25.3 Å². The molecule has 2 atom stereocenters. The Morgan fingerprint density at radius 2 is 1.81 bits per heavy atom. The lowest BCUT2D eigenvalue weighted by Crippen LogP contribution is -2.54. The number of benzene rings is 2. The number of nitrogens with zero attached hydrogens (tertiary/aromatic N) is 2. The molecule has 1 saturated heterocycles. The third-order valence-electron chi connectivity index (χ3n) is 7.07. The van der Waals surface area contributed by atoms with Crippen molar-refractivity contribution in [2.45, 2.75) is 49.1 Å². The summed E-state index contributed by atoms with van der Waals surface area (Å²) in [7, 11) is -2.30. The van der Waals surface area contributed by atoms with Crippen molar-refractivity contribution in [3.8, 4) is 5.75 Å². The van der Waals surface area contributed by atoms with Crippen LogP contribution in [0, 0.1) is 5.92 Å². The summed E-state index contributed by atoms with van der Waals surface area (Å²) in [5.41, 5.74) is 1.07. The highest BCUT2D eigenvalue weighted by Crippen LogP contribution is 2.28. The first-order valence-corrected chi connectivity index (χ1v) is 14.0. The number of rotatable bonds is 11. The van der Waals surface area contributed by atoms with Crippen LogP contribution in [0.5, 0.6) is 5.75 Å². The van der Waals surface area contributed by atoms with Gasteiger partial charge in [0.25, 0.3) is 0 Å². The Kier molecular flexibility index (Phi) is 9.00. The SMILES string of the molecule is COc1ccc(S(=O)(=O)N(CC2CCCC2)C[C@@H](O)CN2C(=O)COC[C@@H]2Cc2ccccc2)cc1. The summed E-state index contributed by atoms with van der Waals surface area (Å²) in [4.78, 5) is 14.5. The van der Waals surface area contributed by atoms with E-state index in [0.717, 1.165) is 31.2 Å². The van der Waals surface area contributed by atoms with Gasteiger partial charge in [-0.25, -0.2) is 8.42 Å². The van der Waals surface area contributed by atoms with Gasteiger partial charge in [-0.05, 0) is 55.0 Å². The zero-order chi connectivity index (χ0) is 25.5. The molecule has 0 radical (unpaired) electrons. The van der Waals surface area contributed by atoms with Gasteiger partial charge in [-0.3, -0.25) is 4.79 Å². The zero-order valence-corrected chi connectivity index (χ0v) is 21.6. The van der Waals surface area contributed by atoms with Crippen LogP contribution in [0.2, 0.25) is 0 Å². The molecule has 2 aromatic carbocycles. The topological polar surface area (TPSA) is 96.4 Å². The standard InChI is InChI=1S/C27H36N2O6S/c1-34-25-11-13-26(14-12-25)36(32,33)28(16-22-9-5-6-10-22)17-24(30)18-29-23(19-35-20-27(29)31)15-21-7-3-2-4-8-21/h2-4,7-8,11-14,22-24,30H,5-6,9-10,15-20H2,1H3/t23-,24+/m0/s1. The molecule has 2 aliphatic rings. The van der Waals surface area contributed by atoms with Crippen LogP contribution in [0.4, 0.5) is 0 Å². The maximum absolute atomic E-state index is 13.6. The maximum atomic E-state index is 13.6. The highest BCUT2D eigenvalue weighted by Gasteiger charge is 2.34. The lowest BCUT2D eigenvalue weighted by Gasteiger charge is -2.37. The molecule has 1 saturated carbocycles. The third-order valence-corrected chi connectivity index (χ3v) is 8.91. The summed E-state index contributed by atoms with van der Waals surface area (Å²) >= 11 is 0. The van der Waals surface area contributed by atoms with Crippen LogP contribution in [0.15, 0.2) is 59.5 Å². The Balaban J connectivity index is 1.49. The molecule has 0 spiro atoms. The number of β-amino-alcohol motifs (C(OH)–C–C–N with tert-alkyl or cyclic N) is 1. The van der Waals surface area contributed by atoms with E-state index in [-0.39, 0.29) is 42.5 Å². The van der Waals surface area contributed by atoms with Gasteiger partial charge in [-0.1, -0.05) is 43.2 Å². The summed E-state index contributed by atoms with van der Waals surface area (Å²) in [6.07, 6.45) is 3.72. The minimum atomic E-state index is -3.84. The molecule has 1 aliphatic carbocycles. The lowest BCUT2D eigenvalue weighted by atomic mass is 10.0. The summed E-state index contributed by atoms with van der Waals surface area (Å²) in [6.45, 7) is 0.680. The average molecular weight is 517 g/mol. The van der Waals surface area contributed by atoms with Crippen LogP contribution in [0.1, 0.15) is 31.2 Å². The Labute approximate surface area is 213 Å². The number of aliphatic hydroxyl groups is 1. The second kappa shape index (κ2) is 12.2. The van der Waals surface area contributed by atoms with E-state index in [1.807, 2.05) is 30.3 Å². The fourth-order valence-corrected chi connectivity index (χ4v) is 6.69. The molecule has 2 fully saturated rings. The first kappa shape index (κ1) is 26.6. The number of ether oxygens (including phenoxy) is 2. The number of amides is 1. The number of methoxy groups -OCH3 is 1. The second-order valence-corrected chi connectivity index (χ2v) is 11.6. The van der Waals surface area contributed by atoms with Crippen LogP contribution < -0.4 is 4.74 Å². The first-order valence-electron chi connectivity index (χ1n) is 12.6. The van der Waals surface area contributed by atoms with E-state index in [1.54, 1.807) is 17.0 Å². The molecular formula is C27H36N2O6S. The van der Waals surface area contributed by atoms with E-state index in [2.05, 4.69) is 0 Å². The number of morpholine rings is 1. The molecule has 4 rings (SSSR count). The van der Waals surface area contributed by atoms with Gasteiger partial charge < -0.3 is 19.5 Å². The third kappa shape index (κ3) is 6.64. The summed E-state index contributed by atoms with van der Waals surface area (Å²) < 4.78 is 39.2. The van der Waals surface area contributed by atoms with Crippen LogP contribution in [-0.4, -0.2) is 80.7 Å². The Morgan fingerprint density at radius 1 is 1.11 bits per heavy atom. The molecule has 1 aliphatic heterocycles. The predicted octanol–water partition coefficient (Wildman–Crippen LogP) is 2.71. The Hall–Kier alpha value is -2.46.